The van der Waals surface area contributed by atoms with Crippen molar-refractivity contribution in [3.8, 4) is 0 Å². The molecule has 4 rings (SSSR count). The third-order valence-corrected chi connectivity index (χ3v) is 6.31. The molecule has 7 nitrogen and oxygen atoms in total. The fourth-order valence-corrected chi connectivity index (χ4v) is 4.73. The molecule has 28 heavy (non-hydrogen) atoms. The number of hydrogen-bond acceptors (Lipinski definition) is 6. The van der Waals surface area contributed by atoms with E-state index in [1.807, 2.05) is 37.0 Å². The van der Waals surface area contributed by atoms with E-state index in [4.69, 9.17) is 4.52 Å². The van der Waals surface area contributed by atoms with Crippen LogP contribution in [0.1, 0.15) is 50.3 Å². The van der Waals surface area contributed by atoms with Gasteiger partial charge in [-0.05, 0) is 32.8 Å². The molecule has 0 saturated carbocycles. The van der Waals surface area contributed by atoms with Crippen LogP contribution >= 0.6 is 11.3 Å². The zero-order chi connectivity index (χ0) is 19.7. The van der Waals surface area contributed by atoms with Crippen LogP contribution in [0, 0.1) is 13.8 Å². The molecule has 0 saturated heterocycles. The summed E-state index contributed by atoms with van der Waals surface area (Å²) in [6, 6.07) is 0. The van der Waals surface area contributed by atoms with Gasteiger partial charge in [0, 0.05) is 60.3 Å². The molecule has 0 radical (unpaired) electrons. The second-order valence-electron chi connectivity index (χ2n) is 7.20. The van der Waals surface area contributed by atoms with E-state index < -0.39 is 0 Å². The van der Waals surface area contributed by atoms with E-state index in [2.05, 4.69) is 20.5 Å². The monoisotopic (exact) mass is 399 g/mol. The Morgan fingerprint density at radius 1 is 1.39 bits per heavy atom. The number of nitrogens with zero attached hydrogens (tertiary/aromatic N) is 4. The normalized spacial score (nSPS) is 14.2. The first kappa shape index (κ1) is 18.9. The number of fused-ring (bicyclic) bond motifs is 1. The van der Waals surface area contributed by atoms with Gasteiger partial charge in [0.25, 0.3) is 5.91 Å². The molecule has 3 aromatic heterocycles. The minimum atomic E-state index is 0.000854. The van der Waals surface area contributed by atoms with E-state index >= 15 is 0 Å². The van der Waals surface area contributed by atoms with Crippen molar-refractivity contribution in [2.24, 2.45) is 0 Å². The highest BCUT2D eigenvalue weighted by Gasteiger charge is 2.25. The molecule has 8 heteroatoms. The highest BCUT2D eigenvalue weighted by molar-refractivity contribution is 7.10. The summed E-state index contributed by atoms with van der Waals surface area (Å²) in [5, 5.41) is 13.3. The predicted octanol–water partition coefficient (Wildman–Crippen LogP) is 3.06. The first-order valence-corrected chi connectivity index (χ1v) is 10.5. The maximum Gasteiger partial charge on any atom is 0.252 e. The third kappa shape index (κ3) is 3.74. The second-order valence-corrected chi connectivity index (χ2v) is 8.17. The lowest BCUT2D eigenvalue weighted by Crippen LogP contribution is -2.31. The molecule has 148 valence electrons. The fourth-order valence-electron chi connectivity index (χ4n) is 3.61. The van der Waals surface area contributed by atoms with Crippen LogP contribution in [0.4, 0.5) is 0 Å². The lowest BCUT2D eigenvalue weighted by atomic mass is 10.0. The minimum absolute atomic E-state index is 0.000854. The van der Waals surface area contributed by atoms with Gasteiger partial charge in [0.1, 0.15) is 5.76 Å². The molecule has 1 aliphatic rings. The van der Waals surface area contributed by atoms with Crippen LogP contribution in [-0.2, 0) is 32.6 Å². The summed E-state index contributed by atoms with van der Waals surface area (Å²) >= 11 is 1.68. The van der Waals surface area contributed by atoms with E-state index in [0.717, 1.165) is 55.2 Å². The van der Waals surface area contributed by atoms with E-state index in [1.54, 1.807) is 17.5 Å². The van der Waals surface area contributed by atoms with E-state index in [-0.39, 0.29) is 5.91 Å². The summed E-state index contributed by atoms with van der Waals surface area (Å²) in [5.74, 6) is 0.891. The van der Waals surface area contributed by atoms with E-state index in [0.29, 0.717) is 6.54 Å². The Bertz CT molecular complexity index is 967. The molecular weight excluding hydrogens is 374 g/mol. The highest BCUT2D eigenvalue weighted by Crippen LogP contribution is 2.30. The topological polar surface area (TPSA) is 76.2 Å². The van der Waals surface area contributed by atoms with Crippen LogP contribution in [0.5, 0.6) is 0 Å². The number of carbonyl (C=O) groups excluding carboxylic acids is 1. The molecule has 0 atom stereocenters. The van der Waals surface area contributed by atoms with Gasteiger partial charge in [0.15, 0.2) is 0 Å². The van der Waals surface area contributed by atoms with Gasteiger partial charge in [0.05, 0.1) is 17.5 Å². The van der Waals surface area contributed by atoms with Crippen molar-refractivity contribution in [2.45, 2.75) is 53.4 Å². The average molecular weight is 400 g/mol. The first-order valence-electron chi connectivity index (χ1n) is 9.58. The Labute approximate surface area is 168 Å². The van der Waals surface area contributed by atoms with Crippen LogP contribution < -0.4 is 5.32 Å². The molecule has 1 N–H and O–H groups in total. The Hall–Kier alpha value is -2.45. The molecular formula is C20H25N5O2S. The Kier molecular flexibility index (Phi) is 5.32. The molecule has 3 aromatic rings. The number of thiophene rings is 1. The number of amides is 1. The summed E-state index contributed by atoms with van der Waals surface area (Å²) in [4.78, 5) is 16.4. The van der Waals surface area contributed by atoms with Crippen LogP contribution in [-0.4, -0.2) is 32.3 Å². The van der Waals surface area contributed by atoms with Crippen molar-refractivity contribution in [1.29, 1.82) is 0 Å². The standard InChI is InChI=1S/C20H25N5O2S/c1-4-25-9-15(8-22-25)7-21-20(26)18-12-28-19-11-24(6-5-16(18)19)10-17-13(2)23-27-14(17)3/h8-9,12H,4-7,10-11H2,1-3H3,(H,21,26). The Morgan fingerprint density at radius 2 is 2.25 bits per heavy atom. The predicted molar refractivity (Wildman–Crippen MR) is 107 cm³/mol. The number of nitrogens with one attached hydrogen (secondary N) is 1. The third-order valence-electron chi connectivity index (χ3n) is 5.30. The van der Waals surface area contributed by atoms with E-state index in [9.17, 15) is 4.79 Å². The number of hydrogen-bond donors (Lipinski definition) is 1. The molecule has 1 aliphatic heterocycles. The average Bonchev–Trinajstić information content (AvgIpc) is 3.41. The number of carbonyl (C=O) groups is 1. The largest absolute Gasteiger partial charge is 0.361 e. The van der Waals surface area contributed by atoms with Gasteiger partial charge in [-0.1, -0.05) is 5.16 Å². The van der Waals surface area contributed by atoms with Gasteiger partial charge >= 0.3 is 0 Å². The van der Waals surface area contributed by atoms with E-state index in [1.165, 1.54) is 16.0 Å². The Balaban J connectivity index is 1.39. The van der Waals surface area contributed by atoms with Crippen LogP contribution in [0.15, 0.2) is 22.3 Å². The van der Waals surface area contributed by atoms with Crippen molar-refractivity contribution in [3.05, 3.63) is 56.4 Å². The van der Waals surface area contributed by atoms with Gasteiger partial charge in [-0.2, -0.15) is 5.10 Å². The summed E-state index contributed by atoms with van der Waals surface area (Å²) in [6.45, 7) is 9.95. The second kappa shape index (κ2) is 7.89. The molecule has 0 bridgehead atoms. The van der Waals surface area contributed by atoms with Crippen molar-refractivity contribution < 1.29 is 9.32 Å². The lowest BCUT2D eigenvalue weighted by Gasteiger charge is -2.27. The van der Waals surface area contributed by atoms with Gasteiger partial charge in [-0.25, -0.2) is 0 Å². The zero-order valence-electron chi connectivity index (χ0n) is 16.5. The molecule has 0 fully saturated rings. The van der Waals surface area contributed by atoms with Crippen molar-refractivity contribution in [1.82, 2.24) is 25.2 Å². The molecule has 0 spiro atoms. The minimum Gasteiger partial charge on any atom is -0.361 e. The smallest absolute Gasteiger partial charge is 0.252 e. The number of aromatic nitrogens is 3. The quantitative estimate of drug-likeness (QED) is 0.689. The van der Waals surface area contributed by atoms with Gasteiger partial charge in [0.2, 0.25) is 0 Å². The Morgan fingerprint density at radius 3 is 2.96 bits per heavy atom. The van der Waals surface area contributed by atoms with Crippen molar-refractivity contribution >= 4 is 17.2 Å². The molecule has 1 amide bonds. The maximum absolute atomic E-state index is 12.7. The molecule has 0 unspecified atom stereocenters. The molecule has 0 aromatic carbocycles. The van der Waals surface area contributed by atoms with Crippen LogP contribution in [0.2, 0.25) is 0 Å². The van der Waals surface area contributed by atoms with Crippen LogP contribution in [0.3, 0.4) is 0 Å². The lowest BCUT2D eigenvalue weighted by molar-refractivity contribution is 0.0949. The number of aryl methyl sites for hydroxylation is 3. The highest BCUT2D eigenvalue weighted by atomic mass is 32.1. The summed E-state index contributed by atoms with van der Waals surface area (Å²) < 4.78 is 7.14. The SMILES string of the molecule is CCn1cc(CNC(=O)c2csc3c2CCN(Cc2c(C)noc2C)C3)cn1. The zero-order valence-corrected chi connectivity index (χ0v) is 17.3. The fraction of sp³-hybridized carbons (Fsp3) is 0.450. The van der Waals surface area contributed by atoms with Crippen molar-refractivity contribution in [3.63, 3.8) is 0 Å². The van der Waals surface area contributed by atoms with Crippen LogP contribution in [0.25, 0.3) is 0 Å². The summed E-state index contributed by atoms with van der Waals surface area (Å²) in [5.41, 5.74) is 5.16. The molecule has 0 aliphatic carbocycles. The van der Waals surface area contributed by atoms with Gasteiger partial charge in [-0.15, -0.1) is 11.3 Å². The number of rotatable bonds is 6. The first-order chi connectivity index (χ1) is 13.5. The van der Waals surface area contributed by atoms with Gasteiger partial charge in [-0.3, -0.25) is 14.4 Å². The van der Waals surface area contributed by atoms with Gasteiger partial charge < -0.3 is 9.84 Å². The van der Waals surface area contributed by atoms with Crippen molar-refractivity contribution in [2.75, 3.05) is 6.54 Å². The molecule has 4 heterocycles. The summed E-state index contributed by atoms with van der Waals surface area (Å²) in [6.07, 6.45) is 4.66. The maximum atomic E-state index is 12.7. The summed E-state index contributed by atoms with van der Waals surface area (Å²) in [7, 11) is 0.